The molecule has 0 spiro atoms. The zero-order chi connectivity index (χ0) is 33.9. The van der Waals surface area contributed by atoms with E-state index in [0.29, 0.717) is 25.8 Å². The molecule has 1 aliphatic heterocycles. The van der Waals surface area contributed by atoms with Crippen molar-refractivity contribution in [2.45, 2.75) is 31.9 Å². The number of hydrogen-bond donors (Lipinski definition) is 5. The quantitative estimate of drug-likeness (QED) is 0.134. The molecule has 46 heavy (non-hydrogen) atoms. The summed E-state index contributed by atoms with van der Waals surface area (Å²) >= 11 is 0. The van der Waals surface area contributed by atoms with Crippen LogP contribution in [0.3, 0.4) is 0 Å². The number of carbonyl (C=O) groups is 5. The first-order valence-corrected chi connectivity index (χ1v) is 15.3. The molecule has 15 heteroatoms. The summed E-state index contributed by atoms with van der Waals surface area (Å²) < 4.78 is 5.52. The summed E-state index contributed by atoms with van der Waals surface area (Å²) in [6.07, 6.45) is 3.41. The molecule has 0 aliphatic carbocycles. The van der Waals surface area contributed by atoms with Crippen LogP contribution in [-0.2, 0) is 35.3 Å². The number of carboxylic acids is 4. The van der Waals surface area contributed by atoms with Gasteiger partial charge in [-0.15, -0.1) is 0 Å². The molecule has 0 saturated carbocycles. The van der Waals surface area contributed by atoms with Crippen LogP contribution >= 0.6 is 0 Å². The molecule has 0 bridgehead atoms. The van der Waals surface area contributed by atoms with Crippen molar-refractivity contribution in [2.24, 2.45) is 0 Å². The van der Waals surface area contributed by atoms with Crippen LogP contribution in [0.4, 0.5) is 0 Å². The highest BCUT2D eigenvalue weighted by atomic mass is 16.5. The molecule has 1 aromatic carbocycles. The minimum Gasteiger partial charge on any atom is -0.480 e. The SMILES string of the molecule is C=Cc1cccc(COCC(=O)NCCCCC2CN(CC(=O)O)CCN(CC(=O)O)CCN(CC(=O)O)CCN2CC(=O)O)c1. The average Bonchev–Trinajstić information content (AvgIpc) is 2.98. The summed E-state index contributed by atoms with van der Waals surface area (Å²) in [7, 11) is 0. The van der Waals surface area contributed by atoms with Gasteiger partial charge in [-0.05, 0) is 30.0 Å². The van der Waals surface area contributed by atoms with Gasteiger partial charge in [0.15, 0.2) is 0 Å². The highest BCUT2D eigenvalue weighted by molar-refractivity contribution is 5.77. The van der Waals surface area contributed by atoms with E-state index in [1.807, 2.05) is 24.3 Å². The van der Waals surface area contributed by atoms with Gasteiger partial charge in [0.1, 0.15) is 6.61 Å². The maximum Gasteiger partial charge on any atom is 0.317 e. The summed E-state index contributed by atoms with van der Waals surface area (Å²) in [4.78, 5) is 65.5. The Bertz CT molecular complexity index is 1170. The number of ether oxygens (including phenoxy) is 1. The number of carboxylic acid groups (broad SMARTS) is 4. The molecule has 1 unspecified atom stereocenters. The number of aliphatic carboxylic acids is 4. The molecule has 1 aromatic rings. The molecular formula is C31H47N5O10. The molecule has 15 nitrogen and oxygen atoms in total. The predicted molar refractivity (Wildman–Crippen MR) is 168 cm³/mol. The Balaban J connectivity index is 2.03. The molecule has 0 aromatic heterocycles. The van der Waals surface area contributed by atoms with Crippen molar-refractivity contribution in [3.63, 3.8) is 0 Å². The molecule has 1 aliphatic rings. The minimum absolute atomic E-state index is 0.108. The van der Waals surface area contributed by atoms with Crippen molar-refractivity contribution in [3.8, 4) is 0 Å². The van der Waals surface area contributed by atoms with Gasteiger partial charge >= 0.3 is 23.9 Å². The molecule has 1 amide bonds. The van der Waals surface area contributed by atoms with Crippen LogP contribution in [0, 0.1) is 0 Å². The van der Waals surface area contributed by atoms with Crippen LogP contribution in [0.5, 0.6) is 0 Å². The molecular weight excluding hydrogens is 602 g/mol. The van der Waals surface area contributed by atoms with Gasteiger partial charge in [0.25, 0.3) is 0 Å². The largest absolute Gasteiger partial charge is 0.480 e. The van der Waals surface area contributed by atoms with E-state index in [4.69, 9.17) is 4.74 Å². The van der Waals surface area contributed by atoms with Gasteiger partial charge in [0.05, 0.1) is 32.8 Å². The van der Waals surface area contributed by atoms with Crippen molar-refractivity contribution < 1.29 is 49.1 Å². The smallest absolute Gasteiger partial charge is 0.317 e. The second kappa shape index (κ2) is 21.0. The molecule has 1 heterocycles. The average molecular weight is 650 g/mol. The molecule has 256 valence electrons. The van der Waals surface area contributed by atoms with Crippen LogP contribution in [-0.4, -0.2) is 161 Å². The van der Waals surface area contributed by atoms with E-state index in [1.165, 1.54) is 0 Å². The lowest BCUT2D eigenvalue weighted by molar-refractivity contribution is -0.142. The minimum atomic E-state index is -1.07. The van der Waals surface area contributed by atoms with Gasteiger partial charge in [-0.2, -0.15) is 0 Å². The zero-order valence-corrected chi connectivity index (χ0v) is 26.2. The Kier molecular flexibility index (Phi) is 17.5. The Hall–Kier alpha value is -3.89. The monoisotopic (exact) mass is 649 g/mol. The van der Waals surface area contributed by atoms with Gasteiger partial charge in [-0.1, -0.05) is 37.3 Å². The van der Waals surface area contributed by atoms with Crippen molar-refractivity contribution >= 4 is 35.9 Å². The van der Waals surface area contributed by atoms with Crippen molar-refractivity contribution in [1.29, 1.82) is 0 Å². The topological polar surface area (TPSA) is 200 Å². The third kappa shape index (κ3) is 16.4. The van der Waals surface area contributed by atoms with Crippen LogP contribution < -0.4 is 5.32 Å². The standard InChI is InChI=1S/C31H47N5O10/c1-2-24-6-5-7-25(16-24)22-46-23-27(37)32-9-4-3-8-26-17-35(20-30(42)43)13-12-33(18-28(38)39)10-11-34(19-29(40)41)14-15-36(26)21-31(44)45/h2,5-7,16,26H,1,3-4,8-15,17-23H2,(H,32,37)(H,38,39)(H,40,41)(H,42,43)(H,44,45). The highest BCUT2D eigenvalue weighted by Crippen LogP contribution is 2.13. The number of benzene rings is 1. The first-order chi connectivity index (χ1) is 21.9. The number of hydrogen-bond acceptors (Lipinski definition) is 10. The Morgan fingerprint density at radius 3 is 1.96 bits per heavy atom. The van der Waals surface area contributed by atoms with Crippen molar-refractivity contribution in [3.05, 3.63) is 42.0 Å². The van der Waals surface area contributed by atoms with Crippen LogP contribution in [0.25, 0.3) is 6.08 Å². The number of nitrogens with zero attached hydrogens (tertiary/aromatic N) is 4. The fourth-order valence-corrected chi connectivity index (χ4v) is 5.29. The second-order valence-electron chi connectivity index (χ2n) is 11.3. The van der Waals surface area contributed by atoms with Crippen molar-refractivity contribution in [2.75, 3.05) is 85.1 Å². The normalized spacial score (nSPS) is 17.8. The van der Waals surface area contributed by atoms with Gasteiger partial charge in [0.2, 0.25) is 5.91 Å². The van der Waals surface area contributed by atoms with E-state index in [2.05, 4.69) is 11.9 Å². The number of rotatable bonds is 18. The lowest BCUT2D eigenvalue weighted by Gasteiger charge is -2.37. The van der Waals surface area contributed by atoms with E-state index in [9.17, 15) is 44.4 Å². The number of nitrogens with one attached hydrogen (secondary N) is 1. The Morgan fingerprint density at radius 2 is 1.37 bits per heavy atom. The fourth-order valence-electron chi connectivity index (χ4n) is 5.29. The summed E-state index contributed by atoms with van der Waals surface area (Å²) in [5.74, 6) is -4.51. The van der Waals surface area contributed by atoms with E-state index in [-0.39, 0.29) is 97.2 Å². The second-order valence-corrected chi connectivity index (χ2v) is 11.3. The summed E-state index contributed by atoms with van der Waals surface area (Å²) in [5.41, 5.74) is 1.88. The van der Waals surface area contributed by atoms with Crippen LogP contribution in [0.1, 0.15) is 30.4 Å². The lowest BCUT2D eigenvalue weighted by atomic mass is 10.1. The van der Waals surface area contributed by atoms with E-state index < -0.39 is 23.9 Å². The fraction of sp³-hybridized carbons (Fsp3) is 0.581. The molecule has 1 fully saturated rings. The van der Waals surface area contributed by atoms with Gasteiger partial charge in [-0.25, -0.2) is 0 Å². The lowest BCUT2D eigenvalue weighted by Crippen LogP contribution is -2.53. The summed E-state index contributed by atoms with van der Waals surface area (Å²) in [6, 6.07) is 7.24. The third-order valence-corrected chi connectivity index (χ3v) is 7.54. The number of unbranched alkanes of at least 4 members (excludes halogenated alkanes) is 1. The summed E-state index contributed by atoms with van der Waals surface area (Å²) in [5, 5.41) is 40.8. The number of amides is 1. The van der Waals surface area contributed by atoms with Gasteiger partial charge in [-0.3, -0.25) is 43.6 Å². The van der Waals surface area contributed by atoms with E-state index in [0.717, 1.165) is 11.1 Å². The molecule has 0 radical (unpaired) electrons. The predicted octanol–water partition coefficient (Wildman–Crippen LogP) is 0.0613. The molecule has 1 atom stereocenters. The summed E-state index contributed by atoms with van der Waals surface area (Å²) in [6.45, 7) is 4.70. The zero-order valence-electron chi connectivity index (χ0n) is 26.2. The van der Waals surface area contributed by atoms with Crippen molar-refractivity contribution in [1.82, 2.24) is 24.9 Å². The number of carbonyl (C=O) groups excluding carboxylic acids is 1. The Labute approximate surface area is 269 Å². The third-order valence-electron chi connectivity index (χ3n) is 7.54. The first-order valence-electron chi connectivity index (χ1n) is 15.3. The molecule has 5 N–H and O–H groups in total. The Morgan fingerprint density at radius 1 is 0.804 bits per heavy atom. The molecule has 1 saturated heterocycles. The van der Waals surface area contributed by atoms with Crippen LogP contribution in [0.15, 0.2) is 30.8 Å². The van der Waals surface area contributed by atoms with Gasteiger partial charge in [0, 0.05) is 58.4 Å². The van der Waals surface area contributed by atoms with E-state index >= 15 is 0 Å². The van der Waals surface area contributed by atoms with Crippen LogP contribution in [0.2, 0.25) is 0 Å². The molecule has 2 rings (SSSR count). The maximum absolute atomic E-state index is 12.3. The highest BCUT2D eigenvalue weighted by Gasteiger charge is 2.27. The van der Waals surface area contributed by atoms with E-state index in [1.54, 1.807) is 25.7 Å². The van der Waals surface area contributed by atoms with Gasteiger partial charge < -0.3 is 30.5 Å². The maximum atomic E-state index is 12.3. The first kappa shape index (κ1) is 38.3.